The second-order valence-electron chi connectivity index (χ2n) is 6.47. The van der Waals surface area contributed by atoms with Gasteiger partial charge in [0.2, 0.25) is 5.95 Å². The van der Waals surface area contributed by atoms with Gasteiger partial charge in [0, 0.05) is 40.6 Å². The molecule has 27 heavy (non-hydrogen) atoms. The van der Waals surface area contributed by atoms with Crippen molar-refractivity contribution in [3.63, 3.8) is 0 Å². The van der Waals surface area contributed by atoms with Crippen LogP contribution in [-0.2, 0) is 0 Å². The molecular weight excluding hydrogens is 356 g/mol. The van der Waals surface area contributed by atoms with Gasteiger partial charge in [0.15, 0.2) is 0 Å². The van der Waals surface area contributed by atoms with Crippen LogP contribution in [-0.4, -0.2) is 27.2 Å². The minimum absolute atomic E-state index is 0.540. The van der Waals surface area contributed by atoms with Crippen LogP contribution in [0.5, 0.6) is 0 Å². The Kier molecular flexibility index (Phi) is 4.45. The fourth-order valence-corrected chi connectivity index (χ4v) is 3.14. The van der Waals surface area contributed by atoms with E-state index >= 15 is 0 Å². The highest BCUT2D eigenvalue weighted by atomic mass is 32.1. The summed E-state index contributed by atoms with van der Waals surface area (Å²) in [6.07, 6.45) is 1.75. The number of aryl methyl sites for hydroxylation is 2. The molecule has 6 nitrogen and oxygen atoms in total. The van der Waals surface area contributed by atoms with Gasteiger partial charge in [-0.2, -0.15) is 10.1 Å². The van der Waals surface area contributed by atoms with Crippen LogP contribution in [0.2, 0.25) is 0 Å². The quantitative estimate of drug-likeness (QED) is 0.448. The lowest BCUT2D eigenvalue weighted by Gasteiger charge is -2.19. The molecule has 0 saturated heterocycles. The van der Waals surface area contributed by atoms with Crippen molar-refractivity contribution < 1.29 is 0 Å². The van der Waals surface area contributed by atoms with E-state index in [0.717, 1.165) is 44.2 Å². The number of hydrogen-bond acceptors (Lipinski definition) is 6. The number of benzene rings is 2. The second kappa shape index (κ2) is 6.92. The van der Waals surface area contributed by atoms with Crippen molar-refractivity contribution in [1.29, 1.82) is 0 Å². The maximum absolute atomic E-state index is 4.65. The summed E-state index contributed by atoms with van der Waals surface area (Å²) in [5.74, 6) is 1.33. The first-order chi connectivity index (χ1) is 13.0. The van der Waals surface area contributed by atoms with Gasteiger partial charge in [-0.25, -0.2) is 4.98 Å². The molecule has 0 aliphatic carbocycles. The molecule has 0 bridgehead atoms. The molecule has 0 amide bonds. The van der Waals surface area contributed by atoms with Gasteiger partial charge in [-0.1, -0.05) is 6.07 Å². The van der Waals surface area contributed by atoms with Crippen LogP contribution in [0.4, 0.5) is 23.1 Å². The Hall–Kier alpha value is -3.06. The van der Waals surface area contributed by atoms with Gasteiger partial charge < -0.3 is 10.2 Å². The molecule has 0 atom stereocenters. The minimum Gasteiger partial charge on any atom is -0.329 e. The van der Waals surface area contributed by atoms with Crippen molar-refractivity contribution >= 4 is 46.7 Å². The number of fused-ring (bicyclic) bond motifs is 1. The van der Waals surface area contributed by atoms with E-state index in [1.165, 1.54) is 0 Å². The van der Waals surface area contributed by atoms with Gasteiger partial charge in [-0.15, -0.1) is 12.6 Å². The SMILES string of the molecule is Cc1ccc(S)cc1Nc1nccc(N(C)c2ccc3c(C)[nH]nc3c2)n1. The van der Waals surface area contributed by atoms with Crippen molar-refractivity contribution in [2.45, 2.75) is 18.7 Å². The van der Waals surface area contributed by atoms with Gasteiger partial charge in [0.05, 0.1) is 5.52 Å². The molecule has 0 aliphatic heterocycles. The smallest absolute Gasteiger partial charge is 0.229 e. The van der Waals surface area contributed by atoms with E-state index in [1.807, 2.05) is 56.1 Å². The van der Waals surface area contributed by atoms with Crippen LogP contribution in [0, 0.1) is 13.8 Å². The molecule has 0 radical (unpaired) electrons. The number of hydrogen-bond donors (Lipinski definition) is 3. The van der Waals surface area contributed by atoms with Gasteiger partial charge >= 0.3 is 0 Å². The molecule has 2 aromatic heterocycles. The highest BCUT2D eigenvalue weighted by molar-refractivity contribution is 7.80. The van der Waals surface area contributed by atoms with E-state index in [-0.39, 0.29) is 0 Å². The van der Waals surface area contributed by atoms with Crippen LogP contribution in [0.3, 0.4) is 0 Å². The lowest BCUT2D eigenvalue weighted by atomic mass is 10.2. The molecule has 136 valence electrons. The van der Waals surface area contributed by atoms with E-state index in [9.17, 15) is 0 Å². The largest absolute Gasteiger partial charge is 0.329 e. The average Bonchev–Trinajstić information content (AvgIpc) is 3.05. The highest BCUT2D eigenvalue weighted by Crippen LogP contribution is 2.27. The lowest BCUT2D eigenvalue weighted by molar-refractivity contribution is 1.06. The van der Waals surface area contributed by atoms with Crippen LogP contribution in [0.15, 0.2) is 53.6 Å². The lowest BCUT2D eigenvalue weighted by Crippen LogP contribution is -2.12. The van der Waals surface area contributed by atoms with E-state index < -0.39 is 0 Å². The summed E-state index contributed by atoms with van der Waals surface area (Å²) in [5.41, 5.74) is 5.05. The molecule has 2 N–H and O–H groups in total. The molecule has 0 unspecified atom stereocenters. The number of H-pyrrole nitrogens is 1. The van der Waals surface area contributed by atoms with Gasteiger partial charge in [0.25, 0.3) is 0 Å². The molecule has 7 heteroatoms. The zero-order valence-corrected chi connectivity index (χ0v) is 16.2. The number of nitrogens with zero attached hydrogens (tertiary/aromatic N) is 4. The van der Waals surface area contributed by atoms with Crippen molar-refractivity contribution in [2.24, 2.45) is 0 Å². The van der Waals surface area contributed by atoms with Gasteiger partial charge in [-0.05, 0) is 55.8 Å². The van der Waals surface area contributed by atoms with Crippen LogP contribution in [0.25, 0.3) is 10.9 Å². The van der Waals surface area contributed by atoms with Crippen molar-refractivity contribution in [3.05, 3.63) is 59.9 Å². The molecule has 0 aliphatic rings. The maximum Gasteiger partial charge on any atom is 0.229 e. The molecule has 2 aromatic carbocycles. The Morgan fingerprint density at radius 3 is 2.78 bits per heavy atom. The minimum atomic E-state index is 0.540. The summed E-state index contributed by atoms with van der Waals surface area (Å²) in [6, 6.07) is 14.0. The van der Waals surface area contributed by atoms with E-state index in [0.29, 0.717) is 5.95 Å². The predicted molar refractivity (Wildman–Crippen MR) is 113 cm³/mol. The van der Waals surface area contributed by atoms with Crippen LogP contribution in [0.1, 0.15) is 11.3 Å². The first kappa shape index (κ1) is 17.4. The van der Waals surface area contributed by atoms with E-state index in [1.54, 1.807) is 6.20 Å². The number of rotatable bonds is 4. The fourth-order valence-electron chi connectivity index (χ4n) is 2.94. The molecule has 4 rings (SSSR count). The monoisotopic (exact) mass is 376 g/mol. The Bertz CT molecular complexity index is 1120. The maximum atomic E-state index is 4.65. The average molecular weight is 376 g/mol. The summed E-state index contributed by atoms with van der Waals surface area (Å²) in [6.45, 7) is 4.05. The zero-order valence-electron chi connectivity index (χ0n) is 15.4. The third-order valence-corrected chi connectivity index (χ3v) is 4.85. The molecule has 0 saturated carbocycles. The van der Waals surface area contributed by atoms with Gasteiger partial charge in [0.1, 0.15) is 5.82 Å². The van der Waals surface area contributed by atoms with Crippen molar-refractivity contribution in [2.75, 3.05) is 17.3 Å². The predicted octanol–water partition coefficient (Wildman–Crippen LogP) is 4.77. The Morgan fingerprint density at radius 2 is 1.93 bits per heavy atom. The second-order valence-corrected chi connectivity index (χ2v) is 6.99. The first-order valence-electron chi connectivity index (χ1n) is 8.59. The zero-order chi connectivity index (χ0) is 19.0. The summed E-state index contributed by atoms with van der Waals surface area (Å²) < 4.78 is 0. The molecular formula is C20H20N6S. The summed E-state index contributed by atoms with van der Waals surface area (Å²) in [7, 11) is 1.98. The first-order valence-corrected chi connectivity index (χ1v) is 9.04. The van der Waals surface area contributed by atoms with E-state index in [2.05, 4.69) is 50.2 Å². The number of thiol groups is 1. The topological polar surface area (TPSA) is 69.7 Å². The third kappa shape index (κ3) is 3.46. The number of anilines is 4. The van der Waals surface area contributed by atoms with Crippen LogP contribution >= 0.6 is 12.6 Å². The molecule has 4 aromatic rings. The molecule has 0 fully saturated rings. The molecule has 0 spiro atoms. The number of aromatic nitrogens is 4. The summed E-state index contributed by atoms with van der Waals surface area (Å²) in [5, 5.41) is 11.8. The normalized spacial score (nSPS) is 11.0. The number of nitrogens with one attached hydrogen (secondary N) is 2. The van der Waals surface area contributed by atoms with E-state index in [4.69, 9.17) is 0 Å². The molecule has 2 heterocycles. The van der Waals surface area contributed by atoms with Crippen molar-refractivity contribution in [1.82, 2.24) is 20.2 Å². The Morgan fingerprint density at radius 1 is 1.07 bits per heavy atom. The third-order valence-electron chi connectivity index (χ3n) is 4.57. The number of aromatic amines is 1. The summed E-state index contributed by atoms with van der Waals surface area (Å²) >= 11 is 4.40. The highest BCUT2D eigenvalue weighted by Gasteiger charge is 2.10. The fraction of sp³-hybridized carbons (Fsp3) is 0.150. The summed E-state index contributed by atoms with van der Waals surface area (Å²) in [4.78, 5) is 11.9. The standard InChI is InChI=1S/C20H20N6S/c1-12-4-6-15(27)11-17(12)22-20-21-9-8-19(23-20)26(3)14-5-7-16-13(2)24-25-18(16)10-14/h4-11,27H,1-3H3,(H,24,25)(H,21,22,23). The van der Waals surface area contributed by atoms with Crippen molar-refractivity contribution in [3.8, 4) is 0 Å². The Labute approximate surface area is 163 Å². The van der Waals surface area contributed by atoms with Gasteiger partial charge in [-0.3, -0.25) is 5.10 Å². The van der Waals surface area contributed by atoms with Crippen LogP contribution < -0.4 is 10.2 Å². The Balaban J connectivity index is 1.63.